The summed E-state index contributed by atoms with van der Waals surface area (Å²) >= 11 is 0. The lowest BCUT2D eigenvalue weighted by atomic mass is 9.72. The van der Waals surface area contributed by atoms with E-state index < -0.39 is 5.97 Å². The van der Waals surface area contributed by atoms with Crippen molar-refractivity contribution in [2.45, 2.75) is 33.1 Å². The average Bonchev–Trinajstić information content (AvgIpc) is 2.22. The van der Waals surface area contributed by atoms with Crippen LogP contribution in [0.3, 0.4) is 0 Å². The van der Waals surface area contributed by atoms with Crippen LogP contribution >= 0.6 is 0 Å². The minimum atomic E-state index is -0.664. The molecule has 0 saturated carbocycles. The molecular formula is C14H28N2O2. The number of nitrogens with zero attached hydrogens (tertiary/aromatic N) is 2. The molecule has 1 rings (SSSR count). The molecule has 1 N–H and O–H groups in total. The van der Waals surface area contributed by atoms with Gasteiger partial charge in [-0.1, -0.05) is 13.8 Å². The van der Waals surface area contributed by atoms with Crippen molar-refractivity contribution in [3.63, 3.8) is 0 Å². The highest BCUT2D eigenvalue weighted by Crippen LogP contribution is 2.37. The number of hydrogen-bond donors (Lipinski definition) is 1. The number of hydrogen-bond acceptors (Lipinski definition) is 3. The van der Waals surface area contributed by atoms with Gasteiger partial charge in [0.05, 0.1) is 0 Å². The van der Waals surface area contributed by atoms with Gasteiger partial charge in [-0.05, 0) is 57.9 Å². The molecule has 0 aliphatic carbocycles. The maximum Gasteiger partial charge on any atom is 0.303 e. The zero-order chi connectivity index (χ0) is 13.8. The van der Waals surface area contributed by atoms with Crippen molar-refractivity contribution in [3.8, 4) is 0 Å². The third-order valence-electron chi connectivity index (χ3n) is 4.16. The van der Waals surface area contributed by atoms with Crippen LogP contribution in [-0.4, -0.2) is 61.2 Å². The Hall–Kier alpha value is -0.610. The van der Waals surface area contributed by atoms with Gasteiger partial charge in [-0.25, -0.2) is 0 Å². The predicted octanol–water partition coefficient (Wildman–Crippen LogP) is 1.76. The van der Waals surface area contributed by atoms with E-state index >= 15 is 0 Å². The lowest BCUT2D eigenvalue weighted by molar-refractivity contribution is -0.140. The van der Waals surface area contributed by atoms with Crippen molar-refractivity contribution >= 4 is 5.97 Å². The van der Waals surface area contributed by atoms with E-state index in [9.17, 15) is 4.79 Å². The van der Waals surface area contributed by atoms with Crippen LogP contribution in [0.1, 0.15) is 33.1 Å². The second-order valence-corrected chi connectivity index (χ2v) is 6.49. The molecule has 0 bridgehead atoms. The van der Waals surface area contributed by atoms with Gasteiger partial charge >= 0.3 is 5.97 Å². The van der Waals surface area contributed by atoms with Crippen molar-refractivity contribution in [2.24, 2.45) is 11.3 Å². The molecule has 0 radical (unpaired) electrons. The highest BCUT2D eigenvalue weighted by Gasteiger charge is 2.36. The minimum Gasteiger partial charge on any atom is -0.481 e. The fourth-order valence-corrected chi connectivity index (χ4v) is 2.67. The van der Waals surface area contributed by atoms with Crippen LogP contribution in [0, 0.1) is 11.3 Å². The summed E-state index contributed by atoms with van der Waals surface area (Å²) in [5.41, 5.74) is 0.163. The van der Waals surface area contributed by atoms with E-state index in [-0.39, 0.29) is 11.3 Å². The molecular weight excluding hydrogens is 228 g/mol. The van der Waals surface area contributed by atoms with Crippen LogP contribution in [0.5, 0.6) is 0 Å². The molecule has 18 heavy (non-hydrogen) atoms. The number of likely N-dealkylation sites (tertiary alicyclic amines) is 1. The Labute approximate surface area is 111 Å². The molecule has 1 heterocycles. The van der Waals surface area contributed by atoms with E-state index in [4.69, 9.17) is 5.11 Å². The molecule has 1 saturated heterocycles. The second kappa shape index (κ2) is 6.53. The quantitative estimate of drug-likeness (QED) is 0.786. The lowest BCUT2D eigenvalue weighted by Gasteiger charge is -2.43. The Bertz CT molecular complexity index is 277. The Morgan fingerprint density at radius 3 is 2.67 bits per heavy atom. The smallest absolute Gasteiger partial charge is 0.303 e. The van der Waals surface area contributed by atoms with E-state index in [1.54, 1.807) is 0 Å². The molecule has 4 nitrogen and oxygen atoms in total. The summed E-state index contributed by atoms with van der Waals surface area (Å²) in [5, 5.41) is 9.01. The molecule has 1 unspecified atom stereocenters. The molecule has 0 spiro atoms. The first-order valence-electron chi connectivity index (χ1n) is 6.90. The molecule has 0 aromatic heterocycles. The molecule has 106 valence electrons. The lowest BCUT2D eigenvalue weighted by Crippen LogP contribution is -2.46. The van der Waals surface area contributed by atoms with Crippen LogP contribution in [-0.2, 0) is 4.79 Å². The predicted molar refractivity (Wildman–Crippen MR) is 73.8 cm³/mol. The van der Waals surface area contributed by atoms with Crippen LogP contribution in [0.15, 0.2) is 0 Å². The molecule has 1 fully saturated rings. The fraction of sp³-hybridized carbons (Fsp3) is 0.929. The maximum atomic E-state index is 10.9. The van der Waals surface area contributed by atoms with Gasteiger partial charge in [0.1, 0.15) is 0 Å². The van der Waals surface area contributed by atoms with E-state index in [2.05, 4.69) is 37.7 Å². The molecule has 0 aromatic carbocycles. The van der Waals surface area contributed by atoms with Gasteiger partial charge in [0, 0.05) is 13.0 Å². The molecule has 1 aliphatic rings. The van der Waals surface area contributed by atoms with E-state index in [0.29, 0.717) is 6.42 Å². The summed E-state index contributed by atoms with van der Waals surface area (Å²) in [5.74, 6) is -0.383. The van der Waals surface area contributed by atoms with Gasteiger partial charge in [0.25, 0.3) is 0 Å². The summed E-state index contributed by atoms with van der Waals surface area (Å²) in [6, 6.07) is 0. The summed E-state index contributed by atoms with van der Waals surface area (Å²) in [4.78, 5) is 15.6. The third-order valence-corrected chi connectivity index (χ3v) is 4.16. The largest absolute Gasteiger partial charge is 0.481 e. The summed E-state index contributed by atoms with van der Waals surface area (Å²) in [6.07, 6.45) is 2.57. The molecule has 0 aromatic rings. The number of carboxylic acids is 1. The first kappa shape index (κ1) is 15.4. The van der Waals surface area contributed by atoms with Crippen molar-refractivity contribution in [1.82, 2.24) is 9.80 Å². The van der Waals surface area contributed by atoms with Gasteiger partial charge in [0.2, 0.25) is 0 Å². The minimum absolute atomic E-state index is 0.163. The summed E-state index contributed by atoms with van der Waals surface area (Å²) in [7, 11) is 4.18. The molecule has 1 aliphatic heterocycles. The number of rotatable bonds is 6. The standard InChI is InChI=1S/C14H28N2O2/c1-14(2)6-9-16(8-5-7-15(3)4)11-12(14)10-13(17)18/h12H,5-11H2,1-4H3,(H,17,18). The second-order valence-electron chi connectivity index (χ2n) is 6.49. The first-order valence-corrected chi connectivity index (χ1v) is 6.90. The number of carbonyl (C=O) groups is 1. The highest BCUT2D eigenvalue weighted by atomic mass is 16.4. The van der Waals surface area contributed by atoms with Crippen LogP contribution < -0.4 is 0 Å². The van der Waals surface area contributed by atoms with Gasteiger partial charge < -0.3 is 14.9 Å². The Kier molecular flexibility index (Phi) is 5.60. The van der Waals surface area contributed by atoms with Gasteiger partial charge in [-0.3, -0.25) is 4.79 Å². The van der Waals surface area contributed by atoms with Crippen molar-refractivity contribution < 1.29 is 9.90 Å². The van der Waals surface area contributed by atoms with Gasteiger partial charge in [-0.2, -0.15) is 0 Å². The van der Waals surface area contributed by atoms with Gasteiger partial charge in [-0.15, -0.1) is 0 Å². The Morgan fingerprint density at radius 1 is 1.44 bits per heavy atom. The summed E-state index contributed by atoms with van der Waals surface area (Å²) < 4.78 is 0. The zero-order valence-electron chi connectivity index (χ0n) is 12.3. The van der Waals surface area contributed by atoms with Crippen molar-refractivity contribution in [1.29, 1.82) is 0 Å². The Balaban J connectivity index is 2.43. The zero-order valence-corrected chi connectivity index (χ0v) is 12.3. The average molecular weight is 256 g/mol. The summed E-state index contributed by atoms with van der Waals surface area (Å²) in [6.45, 7) is 8.65. The Morgan fingerprint density at radius 2 is 2.11 bits per heavy atom. The first-order chi connectivity index (χ1) is 8.31. The molecule has 1 atom stereocenters. The fourth-order valence-electron chi connectivity index (χ4n) is 2.67. The topological polar surface area (TPSA) is 43.8 Å². The van der Waals surface area contributed by atoms with Crippen molar-refractivity contribution in [2.75, 3.05) is 40.3 Å². The third kappa shape index (κ3) is 4.94. The number of aliphatic carboxylic acids is 1. The van der Waals surface area contributed by atoms with E-state index in [0.717, 1.165) is 39.0 Å². The van der Waals surface area contributed by atoms with Crippen molar-refractivity contribution in [3.05, 3.63) is 0 Å². The van der Waals surface area contributed by atoms with E-state index in [1.165, 1.54) is 0 Å². The number of piperidine rings is 1. The highest BCUT2D eigenvalue weighted by molar-refractivity contribution is 5.67. The van der Waals surface area contributed by atoms with Crippen LogP contribution in [0.4, 0.5) is 0 Å². The monoisotopic (exact) mass is 256 g/mol. The maximum absolute atomic E-state index is 10.9. The normalized spacial score (nSPS) is 24.4. The molecule has 4 heteroatoms. The van der Waals surface area contributed by atoms with Crippen LogP contribution in [0.25, 0.3) is 0 Å². The van der Waals surface area contributed by atoms with Crippen LogP contribution in [0.2, 0.25) is 0 Å². The van der Waals surface area contributed by atoms with Gasteiger partial charge in [0.15, 0.2) is 0 Å². The number of carboxylic acid groups (broad SMARTS) is 1. The van der Waals surface area contributed by atoms with E-state index in [1.807, 2.05) is 0 Å². The molecule has 0 amide bonds. The SMILES string of the molecule is CN(C)CCCN1CCC(C)(C)C(CC(=O)O)C1.